The third-order valence-electron chi connectivity index (χ3n) is 7.42. The number of hydrogen-bond acceptors (Lipinski definition) is 6. The lowest BCUT2D eigenvalue weighted by Gasteiger charge is -2.35. The molecule has 0 aromatic heterocycles. The van der Waals surface area contributed by atoms with Gasteiger partial charge in [0.1, 0.15) is 6.61 Å². The molecule has 3 atom stereocenters. The zero-order chi connectivity index (χ0) is 24.6. The number of amides is 2. The van der Waals surface area contributed by atoms with E-state index >= 15 is 0 Å². The van der Waals surface area contributed by atoms with Crippen LogP contribution in [-0.2, 0) is 23.8 Å². The zero-order valence-corrected chi connectivity index (χ0v) is 19.4. The van der Waals surface area contributed by atoms with E-state index in [0.717, 1.165) is 22.3 Å². The molecule has 3 unspecified atom stereocenters. The van der Waals surface area contributed by atoms with Gasteiger partial charge in [-0.3, -0.25) is 4.79 Å². The molecular formula is C26H28N2O7. The Morgan fingerprint density at radius 3 is 2.31 bits per heavy atom. The summed E-state index contributed by atoms with van der Waals surface area (Å²) in [5.41, 5.74) is 3.08. The van der Waals surface area contributed by atoms with Crippen LogP contribution in [0, 0.1) is 5.92 Å². The number of carbonyl (C=O) groups is 3. The predicted molar refractivity (Wildman–Crippen MR) is 125 cm³/mol. The fourth-order valence-electron chi connectivity index (χ4n) is 5.32. The zero-order valence-electron chi connectivity index (χ0n) is 19.4. The number of carboxylic acid groups (broad SMARTS) is 1. The lowest BCUT2D eigenvalue weighted by molar-refractivity contribution is -0.159. The third-order valence-corrected chi connectivity index (χ3v) is 7.42. The molecule has 2 saturated heterocycles. The van der Waals surface area contributed by atoms with Gasteiger partial charge in [0.15, 0.2) is 5.54 Å². The Bertz CT molecular complexity index is 1100. The average molecular weight is 481 g/mol. The summed E-state index contributed by atoms with van der Waals surface area (Å²) in [6, 6.07) is 15.5. The van der Waals surface area contributed by atoms with Crippen LogP contribution >= 0.6 is 0 Å². The number of likely N-dealkylation sites (N-methyl/N-ethyl adjacent to an activating group) is 1. The topological polar surface area (TPSA) is 114 Å². The Kier molecular flexibility index (Phi) is 6.21. The van der Waals surface area contributed by atoms with Crippen LogP contribution in [0.25, 0.3) is 11.1 Å². The lowest BCUT2D eigenvalue weighted by atomic mass is 9.93. The van der Waals surface area contributed by atoms with Crippen molar-refractivity contribution in [2.75, 3.05) is 40.1 Å². The molecular weight excluding hydrogens is 452 g/mol. The van der Waals surface area contributed by atoms with E-state index in [-0.39, 0.29) is 45.4 Å². The van der Waals surface area contributed by atoms with Gasteiger partial charge in [0.05, 0.1) is 31.8 Å². The minimum atomic E-state index is -1.41. The number of aliphatic carboxylic acids is 1. The number of ether oxygens (including phenoxy) is 3. The Balaban J connectivity index is 1.23. The van der Waals surface area contributed by atoms with E-state index in [4.69, 9.17) is 14.2 Å². The standard InChI is InChI=1S/C26H28N2O7/c1-28(26(24(30)31)10-11-33-15-26)23(29)21-12-34-14-22(21)27-25(32)35-13-20-18-8-4-2-6-16(18)17-7-3-5-9-19(17)20/h2-9,20-22H,10-15H2,1H3,(H,27,32)(H,30,31). The van der Waals surface area contributed by atoms with Crippen LogP contribution < -0.4 is 5.32 Å². The summed E-state index contributed by atoms with van der Waals surface area (Å²) < 4.78 is 16.4. The number of nitrogens with zero attached hydrogens (tertiary/aromatic N) is 1. The van der Waals surface area contributed by atoms with Crippen molar-refractivity contribution in [3.8, 4) is 11.1 Å². The van der Waals surface area contributed by atoms with Crippen LogP contribution in [0.1, 0.15) is 23.5 Å². The van der Waals surface area contributed by atoms with E-state index < -0.39 is 35.5 Å². The first-order valence-corrected chi connectivity index (χ1v) is 11.7. The highest BCUT2D eigenvalue weighted by molar-refractivity contribution is 5.89. The molecule has 2 fully saturated rings. The minimum Gasteiger partial charge on any atom is -0.479 e. The van der Waals surface area contributed by atoms with E-state index in [2.05, 4.69) is 17.4 Å². The van der Waals surface area contributed by atoms with Crippen molar-refractivity contribution < 1.29 is 33.7 Å². The Hall–Kier alpha value is -3.43. The molecule has 0 bridgehead atoms. The molecule has 1 aliphatic carbocycles. The van der Waals surface area contributed by atoms with Crippen molar-refractivity contribution in [2.45, 2.75) is 23.9 Å². The van der Waals surface area contributed by atoms with Crippen molar-refractivity contribution in [3.63, 3.8) is 0 Å². The van der Waals surface area contributed by atoms with Gasteiger partial charge in [0.2, 0.25) is 5.91 Å². The van der Waals surface area contributed by atoms with Crippen LogP contribution in [0.5, 0.6) is 0 Å². The number of carboxylic acids is 1. The van der Waals surface area contributed by atoms with Crippen LogP contribution in [-0.4, -0.2) is 79.6 Å². The smallest absolute Gasteiger partial charge is 0.407 e. The van der Waals surface area contributed by atoms with Gasteiger partial charge in [-0.15, -0.1) is 0 Å². The monoisotopic (exact) mass is 480 g/mol. The summed E-state index contributed by atoms with van der Waals surface area (Å²) in [5, 5.41) is 12.5. The van der Waals surface area contributed by atoms with Crippen molar-refractivity contribution in [1.82, 2.24) is 10.2 Å². The molecule has 2 amide bonds. The van der Waals surface area contributed by atoms with E-state index in [9.17, 15) is 19.5 Å². The van der Waals surface area contributed by atoms with Crippen LogP contribution in [0.15, 0.2) is 48.5 Å². The Morgan fingerprint density at radius 2 is 1.71 bits per heavy atom. The van der Waals surface area contributed by atoms with Gasteiger partial charge < -0.3 is 29.5 Å². The highest BCUT2D eigenvalue weighted by Crippen LogP contribution is 2.44. The predicted octanol–water partition coefficient (Wildman–Crippen LogP) is 2.24. The second kappa shape index (κ2) is 9.31. The van der Waals surface area contributed by atoms with E-state index in [1.807, 2.05) is 36.4 Å². The van der Waals surface area contributed by atoms with Gasteiger partial charge in [0.25, 0.3) is 0 Å². The number of nitrogens with one attached hydrogen (secondary N) is 1. The first-order chi connectivity index (χ1) is 16.9. The van der Waals surface area contributed by atoms with Crippen molar-refractivity contribution in [3.05, 3.63) is 59.7 Å². The molecule has 2 heterocycles. The quantitative estimate of drug-likeness (QED) is 0.652. The third kappa shape index (κ3) is 4.04. The van der Waals surface area contributed by atoms with Crippen molar-refractivity contribution in [2.24, 2.45) is 5.92 Å². The van der Waals surface area contributed by atoms with Gasteiger partial charge in [0, 0.05) is 26.0 Å². The average Bonchev–Trinajstić information content (AvgIpc) is 3.60. The van der Waals surface area contributed by atoms with E-state index in [1.165, 1.54) is 11.9 Å². The Morgan fingerprint density at radius 1 is 1.06 bits per heavy atom. The second-order valence-electron chi connectivity index (χ2n) is 9.26. The van der Waals surface area contributed by atoms with Gasteiger partial charge in [-0.2, -0.15) is 0 Å². The summed E-state index contributed by atoms with van der Waals surface area (Å²) in [4.78, 5) is 39.1. The minimum absolute atomic E-state index is 0.0668. The molecule has 184 valence electrons. The van der Waals surface area contributed by atoms with Crippen LogP contribution in [0.4, 0.5) is 4.79 Å². The number of fused-ring (bicyclic) bond motifs is 3. The van der Waals surface area contributed by atoms with Crippen LogP contribution in [0.3, 0.4) is 0 Å². The summed E-state index contributed by atoms with van der Waals surface area (Å²) in [5.74, 6) is -2.29. The molecule has 0 spiro atoms. The number of benzene rings is 2. The summed E-state index contributed by atoms with van der Waals surface area (Å²) in [6.07, 6.45) is -0.428. The molecule has 2 aromatic carbocycles. The van der Waals surface area contributed by atoms with Gasteiger partial charge in [-0.1, -0.05) is 48.5 Å². The summed E-state index contributed by atoms with van der Waals surface area (Å²) in [6.45, 7) is 0.597. The molecule has 0 radical (unpaired) electrons. The fraction of sp³-hybridized carbons (Fsp3) is 0.423. The van der Waals surface area contributed by atoms with E-state index in [1.54, 1.807) is 0 Å². The second-order valence-corrected chi connectivity index (χ2v) is 9.26. The van der Waals surface area contributed by atoms with Crippen molar-refractivity contribution in [1.29, 1.82) is 0 Å². The van der Waals surface area contributed by atoms with Gasteiger partial charge in [-0.05, 0) is 22.3 Å². The molecule has 2 aliphatic heterocycles. The number of hydrogen-bond donors (Lipinski definition) is 2. The molecule has 5 rings (SSSR count). The normalized spacial score (nSPS) is 25.1. The maximum Gasteiger partial charge on any atom is 0.407 e. The van der Waals surface area contributed by atoms with E-state index in [0.29, 0.717) is 0 Å². The largest absolute Gasteiger partial charge is 0.479 e. The first kappa shape index (κ1) is 23.3. The summed E-state index contributed by atoms with van der Waals surface area (Å²) >= 11 is 0. The van der Waals surface area contributed by atoms with Gasteiger partial charge >= 0.3 is 12.1 Å². The maximum absolute atomic E-state index is 13.2. The molecule has 35 heavy (non-hydrogen) atoms. The molecule has 3 aliphatic rings. The number of carbonyl (C=O) groups excluding carboxylic acids is 2. The molecule has 2 aromatic rings. The molecule has 9 nitrogen and oxygen atoms in total. The van der Waals surface area contributed by atoms with Crippen molar-refractivity contribution >= 4 is 18.0 Å². The lowest BCUT2D eigenvalue weighted by Crippen LogP contribution is -2.59. The highest BCUT2D eigenvalue weighted by Gasteiger charge is 2.51. The fourth-order valence-corrected chi connectivity index (χ4v) is 5.32. The SMILES string of the molecule is CN(C(=O)C1COCC1NC(=O)OCC1c2ccccc2-c2ccccc21)C1(C(=O)O)CCOC1. The Labute approximate surface area is 203 Å². The first-order valence-electron chi connectivity index (χ1n) is 11.7. The maximum atomic E-state index is 13.2. The van der Waals surface area contributed by atoms with Gasteiger partial charge in [-0.25, -0.2) is 9.59 Å². The van der Waals surface area contributed by atoms with Crippen LogP contribution in [0.2, 0.25) is 0 Å². The number of alkyl carbamates (subject to hydrolysis) is 1. The highest BCUT2D eigenvalue weighted by atomic mass is 16.5. The molecule has 9 heteroatoms. The molecule has 2 N–H and O–H groups in total. The summed E-state index contributed by atoms with van der Waals surface area (Å²) in [7, 11) is 1.47. The number of rotatable bonds is 6. The molecule has 0 saturated carbocycles.